The molecule has 0 saturated carbocycles. The van der Waals surface area contributed by atoms with Crippen molar-refractivity contribution in [3.05, 3.63) is 23.8 Å². The number of para-hydroxylation sites is 1. The number of hydrogen-bond acceptors (Lipinski definition) is 6. The van der Waals surface area contributed by atoms with E-state index in [0.717, 1.165) is 24.8 Å². The monoisotopic (exact) mass is 521 g/mol. The van der Waals surface area contributed by atoms with Gasteiger partial charge in [0.15, 0.2) is 5.96 Å². The molecule has 0 bridgehead atoms. The van der Waals surface area contributed by atoms with Gasteiger partial charge in [-0.25, -0.2) is 13.1 Å². The third-order valence-electron chi connectivity index (χ3n) is 6.68. The normalized spacial score (nSPS) is 21.7. The van der Waals surface area contributed by atoms with Crippen LogP contribution in [-0.4, -0.2) is 69.9 Å². The van der Waals surface area contributed by atoms with Crippen molar-refractivity contribution < 1.29 is 18.0 Å². The van der Waals surface area contributed by atoms with Crippen molar-refractivity contribution in [3.8, 4) is 0 Å². The summed E-state index contributed by atoms with van der Waals surface area (Å²) < 4.78 is 28.6. The van der Waals surface area contributed by atoms with Crippen LogP contribution in [0.4, 0.5) is 5.69 Å². The van der Waals surface area contributed by atoms with Crippen LogP contribution in [0.5, 0.6) is 0 Å². The van der Waals surface area contributed by atoms with Gasteiger partial charge >= 0.3 is 0 Å². The number of nitrogens with zero attached hydrogens (tertiary/aromatic N) is 2. The standard InChI is InChI=1S/C24H39N7O4S/c1-16-8-11-31(19(13-16)23(33)27-9-3-4-10-28-24(25)26)21(32)15-30-36(34,35)20-7-5-6-18-12-17(2)14-29-22(18)20/h5-7,16-17,19,29-30H,3-4,8-15H2,1-2H3,(H,27,33)(H4,25,26,28)/t16-,17?,19-/m0/s1. The van der Waals surface area contributed by atoms with Gasteiger partial charge in [0, 0.05) is 26.2 Å². The Morgan fingerprint density at radius 3 is 2.72 bits per heavy atom. The summed E-state index contributed by atoms with van der Waals surface area (Å²) >= 11 is 0. The van der Waals surface area contributed by atoms with E-state index in [-0.39, 0.29) is 22.7 Å². The molecule has 12 heteroatoms. The second kappa shape index (κ2) is 12.4. The fraction of sp³-hybridized carbons (Fsp3) is 0.625. The van der Waals surface area contributed by atoms with Crippen LogP contribution >= 0.6 is 0 Å². The molecule has 0 spiro atoms. The van der Waals surface area contributed by atoms with Gasteiger partial charge in [-0.2, -0.15) is 0 Å². The molecule has 7 N–H and O–H groups in total. The minimum Gasteiger partial charge on any atom is -0.383 e. The number of sulfonamides is 1. The fourth-order valence-corrected chi connectivity index (χ4v) is 5.89. The van der Waals surface area contributed by atoms with E-state index in [2.05, 4.69) is 27.3 Å². The molecule has 200 valence electrons. The van der Waals surface area contributed by atoms with E-state index < -0.39 is 28.5 Å². The van der Waals surface area contributed by atoms with Gasteiger partial charge < -0.3 is 27.0 Å². The Morgan fingerprint density at radius 1 is 1.19 bits per heavy atom. The number of rotatable bonds is 10. The van der Waals surface area contributed by atoms with Crippen LogP contribution in [-0.2, 0) is 26.0 Å². The summed E-state index contributed by atoms with van der Waals surface area (Å²) in [5.74, 6) is 0.0956. The highest BCUT2D eigenvalue weighted by Crippen LogP contribution is 2.31. The summed E-state index contributed by atoms with van der Waals surface area (Å²) in [5, 5.41) is 6.11. The number of nitrogens with two attached hydrogens (primary N) is 2. The molecular formula is C24H39N7O4S. The Bertz CT molecular complexity index is 1070. The molecule has 3 rings (SSSR count). The van der Waals surface area contributed by atoms with Crippen LogP contribution in [0.2, 0.25) is 0 Å². The highest BCUT2D eigenvalue weighted by Gasteiger charge is 2.35. The van der Waals surface area contributed by atoms with Gasteiger partial charge in [-0.3, -0.25) is 14.6 Å². The van der Waals surface area contributed by atoms with Crippen LogP contribution < -0.4 is 26.8 Å². The molecule has 0 radical (unpaired) electrons. The Morgan fingerprint density at radius 2 is 1.97 bits per heavy atom. The number of piperidine rings is 1. The molecule has 1 unspecified atom stereocenters. The van der Waals surface area contributed by atoms with E-state index in [1.165, 1.54) is 4.90 Å². The summed E-state index contributed by atoms with van der Waals surface area (Å²) in [7, 11) is -3.92. The zero-order valence-corrected chi connectivity index (χ0v) is 21.9. The highest BCUT2D eigenvalue weighted by atomic mass is 32.2. The van der Waals surface area contributed by atoms with Crippen molar-refractivity contribution in [3.63, 3.8) is 0 Å². The van der Waals surface area contributed by atoms with Crippen LogP contribution in [0.15, 0.2) is 28.1 Å². The maximum atomic E-state index is 13.1. The smallest absolute Gasteiger partial charge is 0.243 e. The lowest BCUT2D eigenvalue weighted by Crippen LogP contribution is -2.55. The maximum absolute atomic E-state index is 13.1. The number of carbonyl (C=O) groups excluding carboxylic acids is 2. The van der Waals surface area contributed by atoms with Crippen molar-refractivity contribution in [2.75, 3.05) is 38.0 Å². The molecule has 2 heterocycles. The summed E-state index contributed by atoms with van der Waals surface area (Å²) in [4.78, 5) is 31.5. The second-order valence-electron chi connectivity index (χ2n) is 9.84. The van der Waals surface area contributed by atoms with Gasteiger partial charge in [-0.05, 0) is 55.6 Å². The molecule has 3 atom stereocenters. The lowest BCUT2D eigenvalue weighted by atomic mass is 9.91. The van der Waals surface area contributed by atoms with E-state index >= 15 is 0 Å². The molecule has 36 heavy (non-hydrogen) atoms. The SMILES string of the molecule is CC1CNc2c(cccc2S(=O)(=O)NCC(=O)N2CC[C@H](C)C[C@H]2C(=O)NCCCCN=C(N)N)C1. The summed E-state index contributed by atoms with van der Waals surface area (Å²) in [6.07, 6.45) is 3.51. The Kier molecular flexibility index (Phi) is 9.55. The zero-order valence-electron chi connectivity index (χ0n) is 21.1. The summed E-state index contributed by atoms with van der Waals surface area (Å²) in [5.41, 5.74) is 12.2. The third-order valence-corrected chi connectivity index (χ3v) is 8.12. The van der Waals surface area contributed by atoms with E-state index in [1.807, 2.05) is 13.0 Å². The first-order valence-corrected chi connectivity index (χ1v) is 14.0. The number of guanidine groups is 1. The van der Waals surface area contributed by atoms with Crippen LogP contribution in [0, 0.1) is 11.8 Å². The van der Waals surface area contributed by atoms with E-state index in [0.29, 0.717) is 50.6 Å². The van der Waals surface area contributed by atoms with Gasteiger partial charge in [-0.1, -0.05) is 26.0 Å². The molecule has 0 aromatic heterocycles. The molecule has 1 fully saturated rings. The van der Waals surface area contributed by atoms with Crippen molar-refractivity contribution >= 4 is 33.5 Å². The number of aliphatic imine (C=N–C) groups is 1. The summed E-state index contributed by atoms with van der Waals surface area (Å²) in [6.45, 7) is 5.78. The number of unbranched alkanes of at least 4 members (excludes halogenated alkanes) is 1. The van der Waals surface area contributed by atoms with Crippen LogP contribution in [0.3, 0.4) is 0 Å². The minimum atomic E-state index is -3.92. The van der Waals surface area contributed by atoms with Gasteiger partial charge in [0.25, 0.3) is 0 Å². The van der Waals surface area contributed by atoms with E-state index in [9.17, 15) is 18.0 Å². The molecule has 1 aromatic carbocycles. The number of likely N-dealkylation sites (tertiary alicyclic amines) is 1. The molecule has 0 aliphatic carbocycles. The molecule has 2 aliphatic heterocycles. The van der Waals surface area contributed by atoms with Gasteiger partial charge in [0.1, 0.15) is 10.9 Å². The predicted molar refractivity (Wildman–Crippen MR) is 140 cm³/mol. The average molecular weight is 522 g/mol. The zero-order chi connectivity index (χ0) is 26.3. The van der Waals surface area contributed by atoms with Crippen LogP contribution in [0.1, 0.15) is 45.1 Å². The van der Waals surface area contributed by atoms with Crippen molar-refractivity contribution in [2.45, 2.75) is 56.9 Å². The minimum absolute atomic E-state index is 0.0398. The lowest BCUT2D eigenvalue weighted by Gasteiger charge is -2.37. The first-order valence-electron chi connectivity index (χ1n) is 12.6. The fourth-order valence-electron chi connectivity index (χ4n) is 4.69. The maximum Gasteiger partial charge on any atom is 0.243 e. The second-order valence-corrected chi connectivity index (χ2v) is 11.6. The van der Waals surface area contributed by atoms with Gasteiger partial charge in [0.05, 0.1) is 12.2 Å². The molecule has 1 saturated heterocycles. The quantitative estimate of drug-likeness (QED) is 0.168. The molecule has 11 nitrogen and oxygen atoms in total. The number of hydrogen-bond donors (Lipinski definition) is 5. The molecule has 1 aromatic rings. The number of fused-ring (bicyclic) bond motifs is 1. The first-order chi connectivity index (χ1) is 17.1. The topological polar surface area (TPSA) is 172 Å². The average Bonchev–Trinajstić information content (AvgIpc) is 2.83. The molecule has 2 amide bonds. The van der Waals surface area contributed by atoms with Crippen molar-refractivity contribution in [1.82, 2.24) is 14.9 Å². The number of nitrogens with one attached hydrogen (secondary N) is 3. The van der Waals surface area contributed by atoms with Gasteiger partial charge in [-0.15, -0.1) is 0 Å². The number of carbonyl (C=O) groups is 2. The first kappa shape index (κ1) is 27.7. The number of amides is 2. The lowest BCUT2D eigenvalue weighted by molar-refractivity contribution is -0.142. The Balaban J connectivity index is 1.59. The van der Waals surface area contributed by atoms with Gasteiger partial charge in [0.2, 0.25) is 21.8 Å². The molecule has 2 aliphatic rings. The summed E-state index contributed by atoms with van der Waals surface area (Å²) in [6, 6.07) is 4.55. The van der Waals surface area contributed by atoms with E-state index in [1.54, 1.807) is 12.1 Å². The predicted octanol–water partition coefficient (Wildman–Crippen LogP) is 0.366. The third kappa shape index (κ3) is 7.33. The van der Waals surface area contributed by atoms with E-state index in [4.69, 9.17) is 11.5 Å². The van der Waals surface area contributed by atoms with Crippen molar-refractivity contribution in [2.24, 2.45) is 28.3 Å². The highest BCUT2D eigenvalue weighted by molar-refractivity contribution is 7.89. The number of anilines is 1. The van der Waals surface area contributed by atoms with Crippen LogP contribution in [0.25, 0.3) is 0 Å². The Hall–Kier alpha value is -2.86. The van der Waals surface area contributed by atoms with Crippen molar-refractivity contribution in [1.29, 1.82) is 0 Å². The molecular weight excluding hydrogens is 482 g/mol. The Labute approximate surface area is 213 Å². The number of benzene rings is 1. The largest absolute Gasteiger partial charge is 0.383 e.